The Balaban J connectivity index is 1.39. The summed E-state index contributed by atoms with van der Waals surface area (Å²) in [5.41, 5.74) is 5.05. The quantitative estimate of drug-likeness (QED) is 0.416. The number of anilines is 1. The lowest BCUT2D eigenvalue weighted by Gasteiger charge is -2.09. The number of rotatable bonds is 5. The van der Waals surface area contributed by atoms with Gasteiger partial charge in [-0.05, 0) is 36.4 Å². The lowest BCUT2D eigenvalue weighted by Crippen LogP contribution is -2.12. The van der Waals surface area contributed by atoms with Gasteiger partial charge in [-0.25, -0.2) is 9.67 Å². The van der Waals surface area contributed by atoms with Gasteiger partial charge in [-0.1, -0.05) is 36.4 Å². The van der Waals surface area contributed by atoms with Gasteiger partial charge in [0, 0.05) is 34.5 Å². The Morgan fingerprint density at radius 2 is 1.77 bits per heavy atom. The zero-order chi connectivity index (χ0) is 21.0. The topological polar surface area (TPSA) is 72.7 Å². The second-order valence-electron chi connectivity index (χ2n) is 6.78. The maximum Gasteiger partial charge on any atom is 0.257 e. The fraction of sp³-hybridized carbons (Fsp3) is 0. The van der Waals surface area contributed by atoms with E-state index in [0.717, 1.165) is 28.2 Å². The van der Waals surface area contributed by atoms with Gasteiger partial charge in [-0.2, -0.15) is 5.10 Å². The van der Waals surface area contributed by atoms with Crippen LogP contribution < -0.4 is 5.32 Å². The molecule has 3 heterocycles. The number of hydrogen-bond acceptors (Lipinski definition) is 5. The predicted octanol–water partition coefficient (Wildman–Crippen LogP) is 5.31. The monoisotopic (exact) mass is 423 g/mol. The molecule has 0 aliphatic carbocycles. The van der Waals surface area contributed by atoms with E-state index in [-0.39, 0.29) is 5.91 Å². The van der Waals surface area contributed by atoms with Gasteiger partial charge in [0.1, 0.15) is 0 Å². The standard InChI is InChI=1S/C24H17N5OS/c30-23(28-24-27-21(16-31-24)19-9-5-12-25-15-19)18-8-4-10-20(14-18)29-22(11-13-26-29)17-6-2-1-3-7-17/h1-16H,(H,27,28,30). The fourth-order valence-electron chi connectivity index (χ4n) is 3.26. The van der Waals surface area contributed by atoms with E-state index >= 15 is 0 Å². The van der Waals surface area contributed by atoms with Crippen molar-refractivity contribution in [3.8, 4) is 28.2 Å². The smallest absolute Gasteiger partial charge is 0.257 e. The zero-order valence-electron chi connectivity index (χ0n) is 16.3. The van der Waals surface area contributed by atoms with Crippen LogP contribution in [0.2, 0.25) is 0 Å². The van der Waals surface area contributed by atoms with Crippen LogP contribution in [0.1, 0.15) is 10.4 Å². The van der Waals surface area contributed by atoms with Crippen molar-refractivity contribution in [1.29, 1.82) is 0 Å². The fourth-order valence-corrected chi connectivity index (χ4v) is 3.98. The molecule has 5 rings (SSSR count). The maximum atomic E-state index is 12.9. The molecule has 0 aliphatic heterocycles. The van der Waals surface area contributed by atoms with E-state index in [1.54, 1.807) is 24.7 Å². The highest BCUT2D eigenvalue weighted by atomic mass is 32.1. The predicted molar refractivity (Wildman–Crippen MR) is 122 cm³/mol. The number of carbonyl (C=O) groups is 1. The Hall–Kier alpha value is -4.10. The van der Waals surface area contributed by atoms with E-state index in [1.807, 2.05) is 76.8 Å². The van der Waals surface area contributed by atoms with Crippen LogP contribution >= 0.6 is 11.3 Å². The molecule has 31 heavy (non-hydrogen) atoms. The molecule has 7 heteroatoms. The highest BCUT2D eigenvalue weighted by molar-refractivity contribution is 7.14. The van der Waals surface area contributed by atoms with Crippen molar-refractivity contribution in [3.05, 3.63) is 102 Å². The summed E-state index contributed by atoms with van der Waals surface area (Å²) in [7, 11) is 0. The molecule has 6 nitrogen and oxygen atoms in total. The van der Waals surface area contributed by atoms with Crippen LogP contribution in [0.5, 0.6) is 0 Å². The van der Waals surface area contributed by atoms with E-state index in [1.165, 1.54) is 11.3 Å². The van der Waals surface area contributed by atoms with Gasteiger partial charge >= 0.3 is 0 Å². The summed E-state index contributed by atoms with van der Waals surface area (Å²) in [6.45, 7) is 0. The molecule has 1 amide bonds. The molecular weight excluding hydrogens is 406 g/mol. The second kappa shape index (κ2) is 8.33. The van der Waals surface area contributed by atoms with Gasteiger partial charge in [-0.15, -0.1) is 11.3 Å². The van der Waals surface area contributed by atoms with E-state index < -0.39 is 0 Å². The third-order valence-electron chi connectivity index (χ3n) is 4.75. The van der Waals surface area contributed by atoms with Crippen molar-refractivity contribution in [2.45, 2.75) is 0 Å². The molecule has 1 N–H and O–H groups in total. The zero-order valence-corrected chi connectivity index (χ0v) is 17.2. The number of amides is 1. The molecule has 2 aromatic carbocycles. The summed E-state index contributed by atoms with van der Waals surface area (Å²) >= 11 is 1.38. The molecule has 0 spiro atoms. The van der Waals surface area contributed by atoms with Crippen LogP contribution in [0, 0.1) is 0 Å². The molecule has 0 aliphatic rings. The van der Waals surface area contributed by atoms with Gasteiger partial charge in [0.15, 0.2) is 5.13 Å². The Labute approximate surface area is 182 Å². The van der Waals surface area contributed by atoms with E-state index in [9.17, 15) is 4.79 Å². The summed E-state index contributed by atoms with van der Waals surface area (Å²) in [6.07, 6.45) is 5.22. The molecular formula is C24H17N5OS. The summed E-state index contributed by atoms with van der Waals surface area (Å²) in [6, 6.07) is 23.2. The van der Waals surface area contributed by atoms with Gasteiger partial charge in [-0.3, -0.25) is 15.1 Å². The molecule has 0 saturated heterocycles. The van der Waals surface area contributed by atoms with E-state index in [0.29, 0.717) is 10.7 Å². The lowest BCUT2D eigenvalue weighted by atomic mass is 10.1. The van der Waals surface area contributed by atoms with Crippen LogP contribution in [0.3, 0.4) is 0 Å². The van der Waals surface area contributed by atoms with Crippen molar-refractivity contribution in [1.82, 2.24) is 19.7 Å². The first-order chi connectivity index (χ1) is 15.3. The number of pyridine rings is 1. The first-order valence-electron chi connectivity index (χ1n) is 9.65. The SMILES string of the molecule is O=C(Nc1nc(-c2cccnc2)cs1)c1cccc(-n2nccc2-c2ccccc2)c1. The van der Waals surface area contributed by atoms with Gasteiger partial charge in [0.05, 0.1) is 23.3 Å². The van der Waals surface area contributed by atoms with E-state index in [4.69, 9.17) is 0 Å². The summed E-state index contributed by atoms with van der Waals surface area (Å²) < 4.78 is 1.83. The molecule has 0 fully saturated rings. The molecule has 0 saturated carbocycles. The maximum absolute atomic E-state index is 12.9. The summed E-state index contributed by atoms with van der Waals surface area (Å²) in [5.74, 6) is -0.220. The minimum Gasteiger partial charge on any atom is -0.298 e. The van der Waals surface area contributed by atoms with E-state index in [2.05, 4.69) is 20.4 Å². The van der Waals surface area contributed by atoms with Gasteiger partial charge < -0.3 is 0 Å². The Morgan fingerprint density at radius 1 is 0.903 bits per heavy atom. The third kappa shape index (κ3) is 3.99. The van der Waals surface area contributed by atoms with Crippen molar-refractivity contribution < 1.29 is 4.79 Å². The van der Waals surface area contributed by atoms with Crippen molar-refractivity contribution in [2.75, 3.05) is 5.32 Å². The van der Waals surface area contributed by atoms with Crippen LogP contribution in [-0.4, -0.2) is 25.7 Å². The number of nitrogens with one attached hydrogen (secondary N) is 1. The number of thiazole rings is 1. The van der Waals surface area contributed by atoms with Crippen molar-refractivity contribution in [2.24, 2.45) is 0 Å². The highest BCUT2D eigenvalue weighted by Crippen LogP contribution is 2.25. The van der Waals surface area contributed by atoms with Gasteiger partial charge in [0.2, 0.25) is 0 Å². The number of carbonyl (C=O) groups excluding carboxylic acids is 1. The molecule has 0 atom stereocenters. The summed E-state index contributed by atoms with van der Waals surface area (Å²) in [5, 5.41) is 9.78. The minimum absolute atomic E-state index is 0.220. The second-order valence-corrected chi connectivity index (χ2v) is 7.64. The normalized spacial score (nSPS) is 10.7. The number of benzene rings is 2. The largest absolute Gasteiger partial charge is 0.298 e. The molecule has 3 aromatic heterocycles. The molecule has 5 aromatic rings. The number of hydrogen-bond donors (Lipinski definition) is 1. The van der Waals surface area contributed by atoms with Crippen LogP contribution in [0.15, 0.2) is 96.8 Å². The Bertz CT molecular complexity index is 1330. The first-order valence-corrected chi connectivity index (χ1v) is 10.5. The van der Waals surface area contributed by atoms with Crippen molar-refractivity contribution in [3.63, 3.8) is 0 Å². The van der Waals surface area contributed by atoms with Crippen LogP contribution in [0.4, 0.5) is 5.13 Å². The third-order valence-corrected chi connectivity index (χ3v) is 5.50. The van der Waals surface area contributed by atoms with Crippen molar-refractivity contribution >= 4 is 22.4 Å². The first kappa shape index (κ1) is 18.9. The number of aromatic nitrogens is 4. The average Bonchev–Trinajstić information content (AvgIpc) is 3.50. The Kier molecular flexibility index (Phi) is 5.08. The molecule has 150 valence electrons. The molecule has 0 unspecified atom stereocenters. The molecule has 0 radical (unpaired) electrons. The number of nitrogens with zero attached hydrogens (tertiary/aromatic N) is 4. The average molecular weight is 424 g/mol. The molecule has 0 bridgehead atoms. The minimum atomic E-state index is -0.220. The van der Waals surface area contributed by atoms with Gasteiger partial charge in [0.25, 0.3) is 5.91 Å². The summed E-state index contributed by atoms with van der Waals surface area (Å²) in [4.78, 5) is 21.5. The van der Waals surface area contributed by atoms with Crippen LogP contribution in [0.25, 0.3) is 28.2 Å². The Morgan fingerprint density at radius 3 is 2.61 bits per heavy atom. The lowest BCUT2D eigenvalue weighted by molar-refractivity contribution is 0.102. The van der Waals surface area contributed by atoms with Crippen LogP contribution in [-0.2, 0) is 0 Å². The highest BCUT2D eigenvalue weighted by Gasteiger charge is 2.13.